The summed E-state index contributed by atoms with van der Waals surface area (Å²) in [6, 6.07) is 13.4. The van der Waals surface area contributed by atoms with Crippen LogP contribution in [0, 0.1) is 5.92 Å². The van der Waals surface area contributed by atoms with Crippen molar-refractivity contribution >= 4 is 17.9 Å². The van der Waals surface area contributed by atoms with Gasteiger partial charge in [-0.05, 0) is 73.2 Å². The molecule has 1 aliphatic carbocycles. The van der Waals surface area contributed by atoms with E-state index in [1.807, 2.05) is 12.1 Å². The standard InChI is InChI=1S/C32H30F5N3O6/c1-17-28(19-4-3-5-22(12-19)46-32(35,36)37)45-30(43)40(17)14-25-23(7-9-27(38-25)39-15-31(33,34)16-39)24-13-18(6-8-26(24)44-2)20-10-21(11-20)29(41)42/h3-9,12-13,17,20-21,28H,10-11,14-16H2,1-2H3,(H,41,42)/t17-,20-,21-,28-/m0/s1. The van der Waals surface area contributed by atoms with Crippen molar-refractivity contribution in [2.75, 3.05) is 25.1 Å². The van der Waals surface area contributed by atoms with Crippen LogP contribution in [0.2, 0.25) is 0 Å². The fraction of sp³-hybridized carbons (Fsp3) is 0.406. The lowest BCUT2D eigenvalue weighted by molar-refractivity contribution is -0.274. The Morgan fingerprint density at radius 1 is 1.07 bits per heavy atom. The van der Waals surface area contributed by atoms with Gasteiger partial charge in [0.1, 0.15) is 23.4 Å². The molecule has 2 atom stereocenters. The number of ether oxygens (including phenoxy) is 3. The average Bonchev–Trinajstić information content (AvgIpc) is 3.22. The van der Waals surface area contributed by atoms with Crippen LogP contribution in [0.5, 0.6) is 11.5 Å². The average molecular weight is 648 g/mol. The molecule has 6 rings (SSSR count). The monoisotopic (exact) mass is 647 g/mol. The number of nitrogens with zero attached hydrogens (tertiary/aromatic N) is 3. The van der Waals surface area contributed by atoms with Crippen molar-refractivity contribution in [3.8, 4) is 22.6 Å². The van der Waals surface area contributed by atoms with Gasteiger partial charge in [0.2, 0.25) is 0 Å². The Hall–Kier alpha value is -4.62. The summed E-state index contributed by atoms with van der Waals surface area (Å²) in [5, 5.41) is 9.33. The van der Waals surface area contributed by atoms with Gasteiger partial charge in [-0.2, -0.15) is 0 Å². The number of halogens is 5. The summed E-state index contributed by atoms with van der Waals surface area (Å²) in [4.78, 5) is 32.1. The topological polar surface area (TPSA) is 101 Å². The normalized spacial score (nSPS) is 23.8. The second-order valence-electron chi connectivity index (χ2n) is 11.8. The van der Waals surface area contributed by atoms with Crippen LogP contribution in [-0.4, -0.2) is 65.6 Å². The Morgan fingerprint density at radius 2 is 1.80 bits per heavy atom. The van der Waals surface area contributed by atoms with E-state index in [-0.39, 0.29) is 18.3 Å². The van der Waals surface area contributed by atoms with E-state index in [0.29, 0.717) is 41.0 Å². The molecule has 0 bridgehead atoms. The molecule has 3 aromatic rings. The molecular weight excluding hydrogens is 617 g/mol. The molecule has 2 aliphatic heterocycles. The van der Waals surface area contributed by atoms with E-state index in [0.717, 1.165) is 17.7 Å². The molecular formula is C32H30F5N3O6. The quantitative estimate of drug-likeness (QED) is 0.254. The lowest BCUT2D eigenvalue weighted by atomic mass is 9.71. The largest absolute Gasteiger partial charge is 0.573 e. The van der Waals surface area contributed by atoms with Crippen LogP contribution >= 0.6 is 0 Å². The number of cyclic esters (lactones) is 1. The first kappa shape index (κ1) is 31.4. The number of carbonyl (C=O) groups is 2. The Labute approximate surface area is 260 Å². The predicted molar refractivity (Wildman–Crippen MR) is 154 cm³/mol. The first-order chi connectivity index (χ1) is 21.7. The summed E-state index contributed by atoms with van der Waals surface area (Å²) >= 11 is 0. The number of carboxylic acids is 1. The van der Waals surface area contributed by atoms with Crippen molar-refractivity contribution in [2.24, 2.45) is 5.92 Å². The maximum atomic E-state index is 13.7. The summed E-state index contributed by atoms with van der Waals surface area (Å²) in [5.74, 6) is -3.76. The second-order valence-corrected chi connectivity index (χ2v) is 11.8. The van der Waals surface area contributed by atoms with E-state index in [4.69, 9.17) is 14.5 Å². The van der Waals surface area contributed by atoms with Gasteiger partial charge in [0.25, 0.3) is 5.92 Å². The molecule has 244 valence electrons. The first-order valence-electron chi connectivity index (χ1n) is 14.6. The maximum Gasteiger partial charge on any atom is 0.573 e. The van der Waals surface area contributed by atoms with E-state index >= 15 is 0 Å². The first-order valence-corrected chi connectivity index (χ1v) is 14.6. The number of carboxylic acid groups (broad SMARTS) is 1. The number of amides is 1. The smallest absolute Gasteiger partial charge is 0.496 e. The van der Waals surface area contributed by atoms with Gasteiger partial charge in [-0.3, -0.25) is 9.69 Å². The van der Waals surface area contributed by atoms with Crippen molar-refractivity contribution in [3.63, 3.8) is 0 Å². The van der Waals surface area contributed by atoms with E-state index in [1.54, 1.807) is 25.1 Å². The lowest BCUT2D eigenvalue weighted by Crippen LogP contribution is -2.56. The molecule has 46 heavy (non-hydrogen) atoms. The number of benzene rings is 2. The Kier molecular flexibility index (Phi) is 7.93. The zero-order chi connectivity index (χ0) is 33.0. The molecule has 3 aliphatic rings. The van der Waals surface area contributed by atoms with Crippen LogP contribution in [0.15, 0.2) is 54.6 Å². The van der Waals surface area contributed by atoms with Gasteiger partial charge >= 0.3 is 18.4 Å². The van der Waals surface area contributed by atoms with Crippen LogP contribution in [0.1, 0.15) is 48.6 Å². The molecule has 2 aromatic carbocycles. The summed E-state index contributed by atoms with van der Waals surface area (Å²) in [5.41, 5.74) is 2.74. The molecule has 3 fully saturated rings. The zero-order valence-corrected chi connectivity index (χ0v) is 24.8. The highest BCUT2D eigenvalue weighted by Gasteiger charge is 2.45. The number of alkyl halides is 5. The van der Waals surface area contributed by atoms with Crippen LogP contribution in [0.3, 0.4) is 0 Å². The van der Waals surface area contributed by atoms with E-state index in [1.165, 1.54) is 29.0 Å². The Bertz CT molecular complexity index is 1650. The highest BCUT2D eigenvalue weighted by atomic mass is 19.4. The molecule has 0 radical (unpaired) electrons. The maximum absolute atomic E-state index is 13.7. The van der Waals surface area contributed by atoms with Crippen molar-refractivity contribution < 1.29 is 50.9 Å². The summed E-state index contributed by atoms with van der Waals surface area (Å²) in [7, 11) is 1.49. The number of methoxy groups -OCH3 is 1. The second kappa shape index (κ2) is 11.6. The number of anilines is 1. The third-order valence-electron chi connectivity index (χ3n) is 8.73. The predicted octanol–water partition coefficient (Wildman–Crippen LogP) is 6.77. The van der Waals surface area contributed by atoms with Crippen LogP contribution in [0.25, 0.3) is 11.1 Å². The van der Waals surface area contributed by atoms with Crippen molar-refractivity contribution in [3.05, 3.63) is 71.4 Å². The van der Waals surface area contributed by atoms with Crippen molar-refractivity contribution in [1.29, 1.82) is 0 Å². The van der Waals surface area contributed by atoms with Gasteiger partial charge in [0, 0.05) is 11.1 Å². The Balaban J connectivity index is 1.33. The summed E-state index contributed by atoms with van der Waals surface area (Å²) in [6.45, 7) is 0.554. The van der Waals surface area contributed by atoms with Gasteiger partial charge in [-0.1, -0.05) is 18.2 Å². The molecule has 9 nitrogen and oxygen atoms in total. The molecule has 2 saturated heterocycles. The number of pyridine rings is 1. The number of hydrogen-bond donors (Lipinski definition) is 1. The molecule has 3 heterocycles. The van der Waals surface area contributed by atoms with Crippen molar-refractivity contribution in [2.45, 2.75) is 56.7 Å². The van der Waals surface area contributed by atoms with Crippen molar-refractivity contribution in [1.82, 2.24) is 9.88 Å². The van der Waals surface area contributed by atoms with Gasteiger partial charge in [0.05, 0.1) is 44.4 Å². The fourth-order valence-electron chi connectivity index (χ4n) is 6.20. The van der Waals surface area contributed by atoms with Gasteiger partial charge in [-0.25, -0.2) is 18.6 Å². The minimum atomic E-state index is -4.90. The van der Waals surface area contributed by atoms with Crippen LogP contribution in [0.4, 0.5) is 32.6 Å². The van der Waals surface area contributed by atoms with E-state index in [2.05, 4.69) is 4.74 Å². The minimum Gasteiger partial charge on any atom is -0.496 e. The summed E-state index contributed by atoms with van der Waals surface area (Å²) < 4.78 is 81.2. The van der Waals surface area contributed by atoms with Gasteiger partial charge in [-0.15, -0.1) is 13.2 Å². The molecule has 14 heteroatoms. The molecule has 0 unspecified atom stereocenters. The molecule has 1 N–H and O–H groups in total. The zero-order valence-electron chi connectivity index (χ0n) is 24.8. The number of carbonyl (C=O) groups excluding carboxylic acids is 1. The molecule has 0 spiro atoms. The number of aromatic nitrogens is 1. The fourth-order valence-corrected chi connectivity index (χ4v) is 6.20. The molecule has 1 saturated carbocycles. The molecule has 1 amide bonds. The number of hydrogen-bond acceptors (Lipinski definition) is 7. The third-order valence-corrected chi connectivity index (χ3v) is 8.73. The minimum absolute atomic E-state index is 0.0242. The SMILES string of the molecule is COc1ccc([C@H]2C[C@H](C(=O)O)C2)cc1-c1ccc(N2CC(F)(F)C2)nc1CN1C(=O)O[C@H](c2cccc(OC(F)(F)F)c2)[C@@H]1C. The highest BCUT2D eigenvalue weighted by Crippen LogP contribution is 2.45. The lowest BCUT2D eigenvalue weighted by Gasteiger charge is -2.39. The number of rotatable bonds is 9. The number of aliphatic carboxylic acids is 1. The Morgan fingerprint density at radius 3 is 2.46 bits per heavy atom. The van der Waals surface area contributed by atoms with Crippen LogP contribution < -0.4 is 14.4 Å². The highest BCUT2D eigenvalue weighted by molar-refractivity contribution is 5.77. The van der Waals surface area contributed by atoms with Crippen LogP contribution in [-0.2, 0) is 16.1 Å². The van der Waals surface area contributed by atoms with Gasteiger partial charge in [0.15, 0.2) is 0 Å². The summed E-state index contributed by atoms with van der Waals surface area (Å²) in [6.07, 6.45) is -5.58. The molecule has 1 aromatic heterocycles. The van der Waals surface area contributed by atoms with E-state index in [9.17, 15) is 36.6 Å². The van der Waals surface area contributed by atoms with E-state index < -0.39 is 61.3 Å². The third kappa shape index (κ3) is 6.24. The van der Waals surface area contributed by atoms with Gasteiger partial charge < -0.3 is 24.2 Å².